The van der Waals surface area contributed by atoms with Gasteiger partial charge in [0.1, 0.15) is 6.10 Å². The molecular weight excluding hydrogens is 240 g/mol. The summed E-state index contributed by atoms with van der Waals surface area (Å²) in [6, 6.07) is 7.85. The molecule has 2 aromatic rings. The molecule has 0 aliphatic rings. The fourth-order valence-electron chi connectivity index (χ4n) is 1.69. The molecule has 1 aromatic carbocycles. The maximum absolute atomic E-state index is 10.3. The minimum Gasteiger partial charge on any atom is -0.418 e. The lowest BCUT2D eigenvalue weighted by molar-refractivity contribution is 0.0246. The normalized spacial score (nSPS) is 13.5. The molecule has 0 amide bonds. The number of aliphatic hydroxyl groups excluding tert-OH is 1. The highest BCUT2D eigenvalue weighted by atomic mass is 16.4. The summed E-state index contributed by atoms with van der Waals surface area (Å²) in [6.45, 7) is 8.01. The van der Waals surface area contributed by atoms with Crippen LogP contribution in [0.2, 0.25) is 0 Å². The van der Waals surface area contributed by atoms with Gasteiger partial charge in [0.15, 0.2) is 0 Å². The molecule has 0 aliphatic carbocycles. The molecule has 102 valence electrons. The highest BCUT2D eigenvalue weighted by molar-refractivity contribution is 5.52. The van der Waals surface area contributed by atoms with Gasteiger partial charge in [-0.15, -0.1) is 10.2 Å². The van der Waals surface area contributed by atoms with E-state index in [1.165, 1.54) is 5.56 Å². The highest BCUT2D eigenvalue weighted by Crippen LogP contribution is 2.36. The summed E-state index contributed by atoms with van der Waals surface area (Å²) in [5.74, 6) is 0.725. The fourth-order valence-corrected chi connectivity index (χ4v) is 1.69. The Balaban J connectivity index is 2.26. The van der Waals surface area contributed by atoms with Crippen molar-refractivity contribution >= 4 is 0 Å². The van der Waals surface area contributed by atoms with Gasteiger partial charge in [-0.3, -0.25) is 0 Å². The maximum Gasteiger partial charge on any atom is 0.247 e. The number of aromatic nitrogens is 2. The Morgan fingerprint density at radius 3 is 2.42 bits per heavy atom. The van der Waals surface area contributed by atoms with E-state index in [1.54, 1.807) is 0 Å². The molecule has 0 saturated heterocycles. The zero-order valence-electron chi connectivity index (χ0n) is 11.8. The topological polar surface area (TPSA) is 59.2 Å². The van der Waals surface area contributed by atoms with Gasteiger partial charge >= 0.3 is 0 Å². The van der Waals surface area contributed by atoms with Crippen LogP contribution in [0.25, 0.3) is 11.5 Å². The molecule has 0 bridgehead atoms. The quantitative estimate of drug-likeness (QED) is 0.913. The molecule has 1 aromatic heterocycles. The van der Waals surface area contributed by atoms with Crippen molar-refractivity contribution < 1.29 is 9.52 Å². The van der Waals surface area contributed by atoms with Gasteiger partial charge in [0.25, 0.3) is 0 Å². The molecule has 0 radical (unpaired) electrons. The molecule has 2 rings (SSSR count). The van der Waals surface area contributed by atoms with Crippen LogP contribution in [0, 0.1) is 12.3 Å². The minimum atomic E-state index is -0.746. The number of hydrogen-bond donors (Lipinski definition) is 1. The first kappa shape index (κ1) is 13.7. The lowest BCUT2D eigenvalue weighted by Gasteiger charge is -2.26. The van der Waals surface area contributed by atoms with E-state index < -0.39 is 6.10 Å². The standard InChI is InChI=1S/C15H20N2O2/c1-5-15(3,4)12(18)14-17-16-13(19-14)11-8-6-10(2)7-9-11/h6-9,12,18H,5H2,1-4H3/t12-/m1/s1. The average Bonchev–Trinajstić information content (AvgIpc) is 2.88. The lowest BCUT2D eigenvalue weighted by atomic mass is 9.84. The predicted molar refractivity (Wildman–Crippen MR) is 73.5 cm³/mol. The van der Waals surface area contributed by atoms with E-state index in [2.05, 4.69) is 10.2 Å². The second-order valence-electron chi connectivity index (χ2n) is 5.56. The first-order valence-corrected chi connectivity index (χ1v) is 6.52. The number of aryl methyl sites for hydroxylation is 1. The second kappa shape index (κ2) is 5.13. The van der Waals surface area contributed by atoms with Gasteiger partial charge in [-0.2, -0.15) is 0 Å². The Kier molecular flexibility index (Phi) is 3.71. The Labute approximate surface area is 113 Å². The van der Waals surface area contributed by atoms with Crippen molar-refractivity contribution in [1.29, 1.82) is 0 Å². The van der Waals surface area contributed by atoms with Gasteiger partial charge < -0.3 is 9.52 Å². The molecule has 0 fully saturated rings. The molecule has 0 spiro atoms. The van der Waals surface area contributed by atoms with Gasteiger partial charge in [0.05, 0.1) is 0 Å². The Morgan fingerprint density at radius 1 is 1.21 bits per heavy atom. The van der Waals surface area contributed by atoms with Crippen LogP contribution in [0.1, 0.15) is 44.8 Å². The summed E-state index contributed by atoms with van der Waals surface area (Å²) < 4.78 is 5.59. The van der Waals surface area contributed by atoms with Gasteiger partial charge in [-0.1, -0.05) is 38.5 Å². The Morgan fingerprint density at radius 2 is 1.84 bits per heavy atom. The van der Waals surface area contributed by atoms with E-state index in [0.29, 0.717) is 5.89 Å². The molecule has 0 unspecified atom stereocenters. The van der Waals surface area contributed by atoms with E-state index >= 15 is 0 Å². The first-order chi connectivity index (χ1) is 8.94. The number of aliphatic hydroxyl groups is 1. The summed E-state index contributed by atoms with van der Waals surface area (Å²) in [6.07, 6.45) is 0.0837. The van der Waals surface area contributed by atoms with Crippen LogP contribution in [-0.4, -0.2) is 15.3 Å². The van der Waals surface area contributed by atoms with Crippen molar-refractivity contribution in [1.82, 2.24) is 10.2 Å². The van der Waals surface area contributed by atoms with E-state index in [9.17, 15) is 5.11 Å². The summed E-state index contributed by atoms with van der Waals surface area (Å²) in [4.78, 5) is 0. The van der Waals surface area contributed by atoms with Crippen molar-refractivity contribution in [2.45, 2.75) is 40.2 Å². The van der Waals surface area contributed by atoms with Crippen LogP contribution >= 0.6 is 0 Å². The van der Waals surface area contributed by atoms with Gasteiger partial charge in [0.2, 0.25) is 11.8 Å². The van der Waals surface area contributed by atoms with E-state index in [0.717, 1.165) is 12.0 Å². The highest BCUT2D eigenvalue weighted by Gasteiger charge is 2.31. The molecule has 1 heterocycles. The van der Waals surface area contributed by atoms with Crippen LogP contribution in [0.4, 0.5) is 0 Å². The molecule has 1 atom stereocenters. The molecule has 1 N–H and O–H groups in total. The van der Waals surface area contributed by atoms with Crippen LogP contribution in [0.5, 0.6) is 0 Å². The third-order valence-corrected chi connectivity index (χ3v) is 3.62. The zero-order chi connectivity index (χ0) is 14.0. The van der Waals surface area contributed by atoms with E-state index in [4.69, 9.17) is 4.42 Å². The van der Waals surface area contributed by atoms with Crippen molar-refractivity contribution in [3.63, 3.8) is 0 Å². The Bertz CT molecular complexity index is 544. The predicted octanol–water partition coefficient (Wildman–Crippen LogP) is 3.51. The van der Waals surface area contributed by atoms with Gasteiger partial charge in [-0.05, 0) is 30.9 Å². The average molecular weight is 260 g/mol. The maximum atomic E-state index is 10.3. The molecule has 19 heavy (non-hydrogen) atoms. The molecule has 4 heteroatoms. The zero-order valence-corrected chi connectivity index (χ0v) is 11.8. The van der Waals surface area contributed by atoms with Crippen molar-refractivity contribution in [3.05, 3.63) is 35.7 Å². The lowest BCUT2D eigenvalue weighted by Crippen LogP contribution is -2.21. The van der Waals surface area contributed by atoms with Crippen LogP contribution in [0.3, 0.4) is 0 Å². The van der Waals surface area contributed by atoms with Crippen molar-refractivity contribution in [3.8, 4) is 11.5 Å². The molecule has 0 saturated carbocycles. The van der Waals surface area contributed by atoms with Crippen molar-refractivity contribution in [2.75, 3.05) is 0 Å². The number of benzene rings is 1. The third-order valence-electron chi connectivity index (χ3n) is 3.62. The number of rotatable bonds is 4. The van der Waals surface area contributed by atoms with Gasteiger partial charge in [-0.25, -0.2) is 0 Å². The van der Waals surface area contributed by atoms with E-state index in [-0.39, 0.29) is 11.3 Å². The van der Waals surface area contributed by atoms with Crippen LogP contribution < -0.4 is 0 Å². The smallest absolute Gasteiger partial charge is 0.247 e. The minimum absolute atomic E-state index is 0.280. The largest absolute Gasteiger partial charge is 0.418 e. The molecule has 4 nitrogen and oxygen atoms in total. The van der Waals surface area contributed by atoms with Crippen LogP contribution in [-0.2, 0) is 0 Å². The first-order valence-electron chi connectivity index (χ1n) is 6.52. The van der Waals surface area contributed by atoms with E-state index in [1.807, 2.05) is 52.0 Å². The second-order valence-corrected chi connectivity index (χ2v) is 5.56. The molecular formula is C15H20N2O2. The monoisotopic (exact) mass is 260 g/mol. The fraction of sp³-hybridized carbons (Fsp3) is 0.467. The number of hydrogen-bond acceptors (Lipinski definition) is 4. The van der Waals surface area contributed by atoms with Crippen LogP contribution in [0.15, 0.2) is 28.7 Å². The molecule has 0 aliphatic heterocycles. The van der Waals surface area contributed by atoms with Crippen molar-refractivity contribution in [2.24, 2.45) is 5.41 Å². The SMILES string of the molecule is CCC(C)(C)[C@H](O)c1nnc(-c2ccc(C)cc2)o1. The summed E-state index contributed by atoms with van der Waals surface area (Å²) in [5, 5.41) is 18.2. The summed E-state index contributed by atoms with van der Waals surface area (Å²) in [7, 11) is 0. The third kappa shape index (κ3) is 2.84. The number of nitrogens with zero attached hydrogens (tertiary/aromatic N) is 2. The van der Waals surface area contributed by atoms with Gasteiger partial charge in [0, 0.05) is 5.56 Å². The summed E-state index contributed by atoms with van der Waals surface area (Å²) >= 11 is 0. The summed E-state index contributed by atoms with van der Waals surface area (Å²) in [5.41, 5.74) is 1.76. The Hall–Kier alpha value is -1.68.